The third-order valence-corrected chi connectivity index (χ3v) is 3.44. The lowest BCUT2D eigenvalue weighted by atomic mass is 9.87. The van der Waals surface area contributed by atoms with Crippen LogP contribution in [0.5, 0.6) is 0 Å². The van der Waals surface area contributed by atoms with Crippen molar-refractivity contribution < 1.29 is 9.47 Å². The molecule has 0 bridgehead atoms. The van der Waals surface area contributed by atoms with Crippen molar-refractivity contribution in [2.45, 2.75) is 64.9 Å². The lowest BCUT2D eigenvalue weighted by molar-refractivity contribution is -0.0387. The first kappa shape index (κ1) is 14.0. The fourth-order valence-electron chi connectivity index (χ4n) is 2.49. The molecule has 0 amide bonds. The maximum atomic E-state index is 5.79. The molecule has 1 aliphatic rings. The molecule has 0 aromatic rings. The average Bonchev–Trinajstić information content (AvgIpc) is 2.31. The molecule has 0 radical (unpaired) electrons. The van der Waals surface area contributed by atoms with Gasteiger partial charge in [-0.1, -0.05) is 32.6 Å². The first-order valence-corrected chi connectivity index (χ1v) is 7.07. The Bertz CT molecular complexity index is 157. The van der Waals surface area contributed by atoms with Crippen molar-refractivity contribution >= 4 is 0 Å². The molecular formula is C14H28O2. The van der Waals surface area contributed by atoms with Crippen LogP contribution in [0.1, 0.15) is 58.8 Å². The number of rotatable bonds is 8. The predicted octanol–water partition coefficient (Wildman–Crippen LogP) is 3.79. The molecule has 0 heterocycles. The van der Waals surface area contributed by atoms with Crippen LogP contribution in [0.4, 0.5) is 0 Å². The Morgan fingerprint density at radius 2 is 1.88 bits per heavy atom. The molecule has 0 aromatic carbocycles. The van der Waals surface area contributed by atoms with Gasteiger partial charge in [0, 0.05) is 19.1 Å². The second-order valence-corrected chi connectivity index (χ2v) is 4.82. The molecule has 1 saturated carbocycles. The topological polar surface area (TPSA) is 18.5 Å². The minimum atomic E-state index is 0.463. The van der Waals surface area contributed by atoms with Crippen molar-refractivity contribution in [3.63, 3.8) is 0 Å². The minimum Gasteiger partial charge on any atom is -0.381 e. The Balaban J connectivity index is 2.11. The van der Waals surface area contributed by atoms with Crippen LogP contribution < -0.4 is 0 Å². The zero-order valence-electron chi connectivity index (χ0n) is 11.0. The van der Waals surface area contributed by atoms with E-state index in [-0.39, 0.29) is 0 Å². The lowest BCUT2D eigenvalue weighted by Gasteiger charge is -2.31. The van der Waals surface area contributed by atoms with Crippen molar-refractivity contribution in [3.8, 4) is 0 Å². The molecule has 0 spiro atoms. The molecule has 0 N–H and O–H groups in total. The second-order valence-electron chi connectivity index (χ2n) is 4.82. The van der Waals surface area contributed by atoms with Crippen molar-refractivity contribution in [1.29, 1.82) is 0 Å². The van der Waals surface area contributed by atoms with Gasteiger partial charge in [-0.25, -0.2) is 0 Å². The van der Waals surface area contributed by atoms with E-state index >= 15 is 0 Å². The van der Waals surface area contributed by atoms with Gasteiger partial charge in [0.25, 0.3) is 0 Å². The first-order valence-electron chi connectivity index (χ1n) is 7.07. The zero-order chi connectivity index (χ0) is 11.6. The molecule has 0 aliphatic heterocycles. The van der Waals surface area contributed by atoms with E-state index in [2.05, 4.69) is 13.8 Å². The van der Waals surface area contributed by atoms with Crippen LogP contribution in [0.25, 0.3) is 0 Å². The summed E-state index contributed by atoms with van der Waals surface area (Å²) in [6.45, 7) is 7.01. The van der Waals surface area contributed by atoms with Gasteiger partial charge < -0.3 is 9.47 Å². The Kier molecular flexibility index (Phi) is 7.87. The monoisotopic (exact) mass is 228 g/mol. The molecule has 1 aliphatic carbocycles. The van der Waals surface area contributed by atoms with E-state index in [4.69, 9.17) is 9.47 Å². The molecule has 2 unspecified atom stereocenters. The van der Waals surface area contributed by atoms with Gasteiger partial charge in [-0.3, -0.25) is 0 Å². The Morgan fingerprint density at radius 3 is 2.62 bits per heavy atom. The third kappa shape index (κ3) is 5.31. The highest BCUT2D eigenvalue weighted by Gasteiger charge is 2.25. The van der Waals surface area contributed by atoms with Gasteiger partial charge in [0.15, 0.2) is 0 Å². The average molecular weight is 228 g/mol. The smallest absolute Gasteiger partial charge is 0.0625 e. The van der Waals surface area contributed by atoms with E-state index in [1.54, 1.807) is 0 Å². The van der Waals surface area contributed by atoms with Crippen LogP contribution in [-0.4, -0.2) is 25.9 Å². The van der Waals surface area contributed by atoms with Crippen molar-refractivity contribution in [2.75, 3.05) is 19.8 Å². The van der Waals surface area contributed by atoms with Crippen LogP contribution >= 0.6 is 0 Å². The summed E-state index contributed by atoms with van der Waals surface area (Å²) in [5.41, 5.74) is 0. The predicted molar refractivity (Wildman–Crippen MR) is 67.7 cm³/mol. The Morgan fingerprint density at radius 1 is 1.06 bits per heavy atom. The molecular weight excluding hydrogens is 200 g/mol. The van der Waals surface area contributed by atoms with Gasteiger partial charge in [0.2, 0.25) is 0 Å². The highest BCUT2D eigenvalue weighted by Crippen LogP contribution is 2.27. The second kappa shape index (κ2) is 9.00. The van der Waals surface area contributed by atoms with Crippen molar-refractivity contribution in [3.05, 3.63) is 0 Å². The molecule has 2 heteroatoms. The van der Waals surface area contributed by atoms with Crippen molar-refractivity contribution in [2.24, 2.45) is 5.92 Å². The van der Waals surface area contributed by atoms with Crippen molar-refractivity contribution in [1.82, 2.24) is 0 Å². The van der Waals surface area contributed by atoms with Crippen LogP contribution in [0, 0.1) is 5.92 Å². The number of hydrogen-bond acceptors (Lipinski definition) is 2. The number of unbranched alkanes of at least 4 members (excludes halogenated alkanes) is 2. The molecule has 2 atom stereocenters. The molecule has 2 nitrogen and oxygen atoms in total. The largest absolute Gasteiger partial charge is 0.381 e. The van der Waals surface area contributed by atoms with E-state index in [1.807, 2.05) is 0 Å². The van der Waals surface area contributed by atoms with Crippen LogP contribution in [0.2, 0.25) is 0 Å². The van der Waals surface area contributed by atoms with E-state index in [1.165, 1.54) is 44.9 Å². The lowest BCUT2D eigenvalue weighted by Crippen LogP contribution is -2.31. The Labute approximate surface area is 101 Å². The maximum Gasteiger partial charge on any atom is 0.0625 e. The summed E-state index contributed by atoms with van der Waals surface area (Å²) in [6.07, 6.45) is 9.44. The summed E-state index contributed by atoms with van der Waals surface area (Å²) < 4.78 is 11.6. The fourth-order valence-corrected chi connectivity index (χ4v) is 2.49. The highest BCUT2D eigenvalue weighted by atomic mass is 16.5. The van der Waals surface area contributed by atoms with E-state index in [0.717, 1.165) is 19.8 Å². The number of hydrogen-bond donors (Lipinski definition) is 0. The molecule has 96 valence electrons. The molecule has 1 rings (SSSR count). The van der Waals surface area contributed by atoms with Gasteiger partial charge >= 0.3 is 0 Å². The van der Waals surface area contributed by atoms with Gasteiger partial charge in [-0.05, 0) is 26.2 Å². The zero-order valence-corrected chi connectivity index (χ0v) is 11.0. The maximum absolute atomic E-state index is 5.79. The van der Waals surface area contributed by atoms with E-state index in [0.29, 0.717) is 12.0 Å². The van der Waals surface area contributed by atoms with Gasteiger partial charge in [0.1, 0.15) is 0 Å². The van der Waals surface area contributed by atoms with Crippen LogP contribution in [0.3, 0.4) is 0 Å². The fraction of sp³-hybridized carbons (Fsp3) is 1.00. The molecule has 16 heavy (non-hydrogen) atoms. The van der Waals surface area contributed by atoms with Gasteiger partial charge in [-0.15, -0.1) is 0 Å². The summed E-state index contributed by atoms with van der Waals surface area (Å²) in [4.78, 5) is 0. The molecule has 0 saturated heterocycles. The number of ether oxygens (including phenoxy) is 2. The SMILES string of the molecule is CCCCCOCC1CCCCC1OCC. The van der Waals surface area contributed by atoms with Crippen LogP contribution in [-0.2, 0) is 9.47 Å². The molecule has 0 aromatic heterocycles. The van der Waals surface area contributed by atoms with Crippen LogP contribution in [0.15, 0.2) is 0 Å². The standard InChI is InChI=1S/C14H28O2/c1-3-5-8-11-15-12-13-9-6-7-10-14(13)16-4-2/h13-14H,3-12H2,1-2H3. The van der Waals surface area contributed by atoms with Gasteiger partial charge in [0.05, 0.1) is 12.7 Å². The summed E-state index contributed by atoms with van der Waals surface area (Å²) in [7, 11) is 0. The van der Waals surface area contributed by atoms with E-state index in [9.17, 15) is 0 Å². The highest BCUT2D eigenvalue weighted by molar-refractivity contribution is 4.75. The summed E-state index contributed by atoms with van der Waals surface area (Å²) in [5.74, 6) is 0.648. The molecule has 1 fully saturated rings. The summed E-state index contributed by atoms with van der Waals surface area (Å²) in [5, 5.41) is 0. The Hall–Kier alpha value is -0.0800. The van der Waals surface area contributed by atoms with E-state index < -0.39 is 0 Å². The third-order valence-electron chi connectivity index (χ3n) is 3.44. The quantitative estimate of drug-likeness (QED) is 0.588. The normalized spacial score (nSPS) is 25.9. The summed E-state index contributed by atoms with van der Waals surface area (Å²) >= 11 is 0. The van der Waals surface area contributed by atoms with Gasteiger partial charge in [-0.2, -0.15) is 0 Å². The summed E-state index contributed by atoms with van der Waals surface area (Å²) in [6, 6.07) is 0. The minimum absolute atomic E-state index is 0.463. The first-order chi connectivity index (χ1) is 7.88.